The molecule has 2 aromatic carbocycles. The van der Waals surface area contributed by atoms with Crippen molar-refractivity contribution in [2.24, 2.45) is 16.8 Å². The van der Waals surface area contributed by atoms with Crippen molar-refractivity contribution in [3.63, 3.8) is 0 Å². The molecule has 1 fully saturated rings. The number of hydrazine groups is 1. The summed E-state index contributed by atoms with van der Waals surface area (Å²) in [7, 11) is 2.93. The molecule has 0 saturated carbocycles. The Morgan fingerprint density at radius 2 is 1.86 bits per heavy atom. The molecule has 0 atom stereocenters. The summed E-state index contributed by atoms with van der Waals surface area (Å²) >= 11 is 0.974. The maximum atomic E-state index is 14.8. The first-order chi connectivity index (χ1) is 16.5. The lowest BCUT2D eigenvalue weighted by Gasteiger charge is -2.33. The number of carbonyl (C=O) groups excluding carboxylic acids is 1. The Kier molecular flexibility index (Phi) is 8.43. The van der Waals surface area contributed by atoms with Gasteiger partial charge in [-0.25, -0.2) is 28.2 Å². The number of halogens is 4. The quantitative estimate of drug-likeness (QED) is 0.0883. The van der Waals surface area contributed by atoms with E-state index in [4.69, 9.17) is 16.5 Å². The van der Waals surface area contributed by atoms with Crippen LogP contribution in [0.15, 0.2) is 40.3 Å². The van der Waals surface area contributed by atoms with E-state index in [0.717, 1.165) is 28.9 Å². The van der Waals surface area contributed by atoms with Crippen LogP contribution in [0.4, 0.5) is 34.6 Å². The number of alkyl halides is 2. The number of carbonyl (C=O) groups is 1. The number of nitrogens with two attached hydrogens (primary N) is 3. The number of amidine groups is 1. The molecule has 0 unspecified atom stereocenters. The van der Waals surface area contributed by atoms with E-state index in [9.17, 15) is 22.4 Å². The lowest BCUT2D eigenvalue weighted by atomic mass is 10.1. The van der Waals surface area contributed by atoms with Gasteiger partial charge in [0.2, 0.25) is 5.17 Å². The zero-order valence-electron chi connectivity index (χ0n) is 19.0. The second-order valence-corrected chi connectivity index (χ2v) is 8.82. The fraction of sp³-hybridized carbons (Fsp3) is 0.333. The number of rotatable bonds is 6. The van der Waals surface area contributed by atoms with Gasteiger partial charge in [-0.2, -0.15) is 10.6 Å². The van der Waals surface area contributed by atoms with E-state index in [0.29, 0.717) is 10.6 Å². The maximum Gasteiger partial charge on any atom is 0.257 e. The normalized spacial score (nSPS) is 15.7. The Labute approximate surface area is 203 Å². The van der Waals surface area contributed by atoms with Crippen LogP contribution in [0.3, 0.4) is 0 Å². The third kappa shape index (κ3) is 6.54. The Morgan fingerprint density at radius 3 is 2.40 bits per heavy atom. The lowest BCUT2D eigenvalue weighted by Crippen LogP contribution is -2.75. The molecule has 35 heavy (non-hydrogen) atoms. The number of hydrogen-bond donors (Lipinski definition) is 4. The molecule has 14 heteroatoms. The predicted octanol–water partition coefficient (Wildman–Crippen LogP) is 2.34. The maximum absolute atomic E-state index is 14.8. The van der Waals surface area contributed by atoms with Gasteiger partial charge in [-0.05, 0) is 30.0 Å². The van der Waals surface area contributed by atoms with Gasteiger partial charge in [-0.1, -0.05) is 0 Å². The number of hydrogen-bond acceptors (Lipinski definition) is 7. The highest BCUT2D eigenvalue weighted by Crippen LogP contribution is 2.33. The zero-order chi connectivity index (χ0) is 25.8. The second kappa shape index (κ2) is 11.1. The van der Waals surface area contributed by atoms with Crippen LogP contribution in [0.5, 0.6) is 0 Å². The highest BCUT2D eigenvalue weighted by Gasteiger charge is 2.34. The Balaban J connectivity index is 1.87. The van der Waals surface area contributed by atoms with Gasteiger partial charge < -0.3 is 16.1 Å². The van der Waals surface area contributed by atoms with E-state index in [1.165, 1.54) is 30.6 Å². The van der Waals surface area contributed by atoms with Crippen LogP contribution in [-0.4, -0.2) is 49.3 Å². The minimum Gasteiger partial charge on any atom is -0.371 e. The van der Waals surface area contributed by atoms with Crippen LogP contribution in [0.2, 0.25) is 0 Å². The van der Waals surface area contributed by atoms with Gasteiger partial charge in [0.15, 0.2) is 17.3 Å². The summed E-state index contributed by atoms with van der Waals surface area (Å²) in [4.78, 5) is 19.9. The van der Waals surface area contributed by atoms with Gasteiger partial charge in [-0.15, -0.1) is 0 Å². The third-order valence-corrected chi connectivity index (χ3v) is 6.39. The average molecular weight is 517 g/mol. The smallest absolute Gasteiger partial charge is 0.257 e. The molecule has 1 aliphatic rings. The zero-order valence-corrected chi connectivity index (χ0v) is 19.8. The fourth-order valence-electron chi connectivity index (χ4n) is 3.45. The first-order valence-electron chi connectivity index (χ1n) is 10.4. The van der Waals surface area contributed by atoms with Crippen LogP contribution in [-0.2, 0) is 4.84 Å². The predicted molar refractivity (Wildman–Crippen MR) is 125 cm³/mol. The van der Waals surface area contributed by atoms with Crippen LogP contribution in [0.1, 0.15) is 23.2 Å². The van der Waals surface area contributed by atoms with Crippen molar-refractivity contribution in [2.45, 2.75) is 23.7 Å². The van der Waals surface area contributed by atoms with Crippen LogP contribution in [0, 0.1) is 11.6 Å². The van der Waals surface area contributed by atoms with Gasteiger partial charge in [0, 0.05) is 55.7 Å². The fourth-order valence-corrected chi connectivity index (χ4v) is 4.24. The summed E-state index contributed by atoms with van der Waals surface area (Å²) in [6, 6.07) is 6.72. The topological polar surface area (TPSA) is 126 Å². The summed E-state index contributed by atoms with van der Waals surface area (Å²) in [5.41, 5.74) is 1.42. The van der Waals surface area contributed by atoms with Gasteiger partial charge in [0.1, 0.15) is 5.69 Å². The third-order valence-electron chi connectivity index (χ3n) is 5.24. The molecule has 9 nitrogen and oxygen atoms in total. The summed E-state index contributed by atoms with van der Waals surface area (Å²) in [6.45, 7) is -0.0802. The summed E-state index contributed by atoms with van der Waals surface area (Å²) in [5.74, 6) is 5.36. The van der Waals surface area contributed by atoms with E-state index in [1.807, 2.05) is 0 Å². The number of hydrazone groups is 1. The number of nitrogens with one attached hydrogen (secondary N) is 1. The average Bonchev–Trinajstić information content (AvgIpc) is 2.80. The minimum atomic E-state index is -2.79. The van der Waals surface area contributed by atoms with E-state index in [1.54, 1.807) is 12.1 Å². The number of piperidine rings is 1. The van der Waals surface area contributed by atoms with Crippen LogP contribution >= 0.6 is 11.8 Å². The molecule has 0 aromatic heterocycles. The molecule has 0 bridgehead atoms. The van der Waals surface area contributed by atoms with Crippen LogP contribution in [0.25, 0.3) is 0 Å². The van der Waals surface area contributed by atoms with E-state index in [2.05, 4.69) is 10.4 Å². The Morgan fingerprint density at radius 1 is 1.23 bits per heavy atom. The second-order valence-electron chi connectivity index (χ2n) is 7.82. The monoisotopic (exact) mass is 516 g/mol. The highest BCUT2D eigenvalue weighted by atomic mass is 32.2. The molecular formula is C21H26F4N7O2S+. The first-order valence-corrected chi connectivity index (χ1v) is 11.2. The molecule has 1 aliphatic heterocycles. The largest absolute Gasteiger partial charge is 0.371 e. The number of thioether (sulfide) groups is 1. The molecule has 190 valence electrons. The van der Waals surface area contributed by atoms with Crippen molar-refractivity contribution in [3.8, 4) is 0 Å². The SMILES string of the molecule is CO[NH2+]c1ccc(S/C(=N/N)N(C)N)c(C(=O)Nc2c(F)cc(N3CCC(F)(F)CC3)cc2F)c1. The van der Waals surface area contributed by atoms with Gasteiger partial charge in [0.25, 0.3) is 11.8 Å². The number of nitrogens with zero attached hydrogens (tertiary/aromatic N) is 3. The summed E-state index contributed by atoms with van der Waals surface area (Å²) in [6.07, 6.45) is -0.813. The number of anilines is 2. The van der Waals surface area contributed by atoms with Gasteiger partial charge in [-0.3, -0.25) is 9.80 Å². The van der Waals surface area contributed by atoms with Crippen molar-refractivity contribution < 1.29 is 32.7 Å². The van der Waals surface area contributed by atoms with Crippen molar-refractivity contribution in [1.29, 1.82) is 0 Å². The van der Waals surface area contributed by atoms with Crippen molar-refractivity contribution in [2.75, 3.05) is 37.5 Å². The van der Waals surface area contributed by atoms with Gasteiger partial charge >= 0.3 is 0 Å². The summed E-state index contributed by atoms with van der Waals surface area (Å²) < 4.78 is 56.5. The van der Waals surface area contributed by atoms with Gasteiger partial charge in [0.05, 0.1) is 12.7 Å². The molecule has 7 N–H and O–H groups in total. The molecule has 0 radical (unpaired) electrons. The van der Waals surface area contributed by atoms with E-state index >= 15 is 0 Å². The summed E-state index contributed by atoms with van der Waals surface area (Å²) in [5, 5.41) is 7.14. The van der Waals surface area contributed by atoms with Crippen molar-refractivity contribution in [1.82, 2.24) is 5.01 Å². The standard InChI is InChI=1S/C21H25F4N7O2S/c1-31(27)20(29-26)35-17-4-3-12(30-34-2)9-14(17)19(33)28-18-15(22)10-13(11-16(18)23)32-7-5-21(24,25)6-8-32/h3-4,9-11,30H,5-8,26-27H2,1-2H3,(H,28,33)/p+1/b29-20+. The van der Waals surface area contributed by atoms with E-state index < -0.39 is 42.0 Å². The number of quaternary nitrogens is 1. The Bertz CT molecular complexity index is 1080. The van der Waals surface area contributed by atoms with Crippen LogP contribution < -0.4 is 27.4 Å². The Hall–Kier alpha value is -3.07. The van der Waals surface area contributed by atoms with E-state index in [-0.39, 0.29) is 29.5 Å². The molecule has 0 spiro atoms. The highest BCUT2D eigenvalue weighted by molar-refractivity contribution is 8.13. The molecule has 1 amide bonds. The number of benzene rings is 2. The molecule has 2 aromatic rings. The number of amides is 1. The molecule has 1 heterocycles. The minimum absolute atomic E-state index is 0.0401. The lowest BCUT2D eigenvalue weighted by molar-refractivity contribution is -0.830. The van der Waals surface area contributed by atoms with Crippen molar-refractivity contribution >= 4 is 39.9 Å². The molecular weight excluding hydrogens is 490 g/mol. The van der Waals surface area contributed by atoms with Crippen molar-refractivity contribution in [3.05, 3.63) is 47.5 Å². The molecule has 0 aliphatic carbocycles. The first kappa shape index (κ1) is 26.5. The molecule has 1 saturated heterocycles. The molecule has 3 rings (SSSR count).